The summed E-state index contributed by atoms with van der Waals surface area (Å²) in [5.74, 6) is 0. The van der Waals surface area contributed by atoms with E-state index in [1.807, 2.05) is 0 Å². The summed E-state index contributed by atoms with van der Waals surface area (Å²) in [4.78, 5) is 0. The Labute approximate surface area is 114 Å². The van der Waals surface area contributed by atoms with E-state index in [0.717, 1.165) is 19.8 Å². The fraction of sp³-hybridized carbons (Fsp3) is 1.00. The zero-order chi connectivity index (χ0) is 13.3. The summed E-state index contributed by atoms with van der Waals surface area (Å²) in [6.45, 7) is 9.82. The zero-order valence-corrected chi connectivity index (χ0v) is 12.8. The predicted molar refractivity (Wildman–Crippen MR) is 79.0 cm³/mol. The van der Waals surface area contributed by atoms with E-state index >= 15 is 0 Å². The van der Waals surface area contributed by atoms with Gasteiger partial charge >= 0.3 is 0 Å². The van der Waals surface area contributed by atoms with Crippen LogP contribution in [-0.2, 0) is 4.74 Å². The van der Waals surface area contributed by atoms with Gasteiger partial charge in [-0.2, -0.15) is 0 Å². The van der Waals surface area contributed by atoms with Crippen LogP contribution in [0, 0.1) is 5.41 Å². The number of nitrogens with one attached hydrogen (secondary N) is 1. The number of hydrogen-bond acceptors (Lipinski definition) is 2. The summed E-state index contributed by atoms with van der Waals surface area (Å²) in [6.07, 6.45) is 11.0. The molecule has 1 saturated heterocycles. The Kier molecular flexibility index (Phi) is 7.92. The summed E-state index contributed by atoms with van der Waals surface area (Å²) >= 11 is 0. The number of ether oxygens (including phenoxy) is 1. The van der Waals surface area contributed by atoms with Crippen molar-refractivity contribution in [3.8, 4) is 0 Å². The Morgan fingerprint density at radius 1 is 1.11 bits per heavy atom. The Morgan fingerprint density at radius 2 is 1.83 bits per heavy atom. The third-order valence-corrected chi connectivity index (χ3v) is 4.13. The standard InChI is InChI=1S/C16H33NO/c1-4-5-6-7-8-9-10-16(11-12-18-14-16)13-17-15(2)3/h15,17H,4-14H2,1-3H3. The molecule has 2 nitrogen and oxygen atoms in total. The van der Waals surface area contributed by atoms with E-state index in [4.69, 9.17) is 4.74 Å². The highest BCUT2D eigenvalue weighted by molar-refractivity contribution is 4.85. The number of unbranched alkanes of at least 4 members (excludes halogenated alkanes) is 5. The van der Waals surface area contributed by atoms with Crippen LogP contribution in [0.3, 0.4) is 0 Å². The quantitative estimate of drug-likeness (QED) is 0.592. The van der Waals surface area contributed by atoms with Crippen molar-refractivity contribution < 1.29 is 4.74 Å². The average Bonchev–Trinajstić information content (AvgIpc) is 2.81. The van der Waals surface area contributed by atoms with E-state index in [0.29, 0.717) is 11.5 Å². The first kappa shape index (κ1) is 16.0. The average molecular weight is 255 g/mol. The molecule has 0 aromatic carbocycles. The third-order valence-electron chi connectivity index (χ3n) is 4.13. The first-order valence-corrected chi connectivity index (χ1v) is 8.00. The van der Waals surface area contributed by atoms with Crippen molar-refractivity contribution in [2.24, 2.45) is 5.41 Å². The molecule has 2 heteroatoms. The Bertz CT molecular complexity index is 197. The molecule has 18 heavy (non-hydrogen) atoms. The SMILES string of the molecule is CCCCCCCCC1(CNC(C)C)CCOC1. The molecule has 0 aliphatic carbocycles. The van der Waals surface area contributed by atoms with Crippen LogP contribution in [0.2, 0.25) is 0 Å². The molecule has 0 amide bonds. The smallest absolute Gasteiger partial charge is 0.0535 e. The minimum Gasteiger partial charge on any atom is -0.381 e. The van der Waals surface area contributed by atoms with Gasteiger partial charge in [0.1, 0.15) is 0 Å². The highest BCUT2D eigenvalue weighted by Gasteiger charge is 2.33. The van der Waals surface area contributed by atoms with Gasteiger partial charge in [-0.25, -0.2) is 0 Å². The molecule has 1 fully saturated rings. The lowest BCUT2D eigenvalue weighted by Crippen LogP contribution is -2.38. The van der Waals surface area contributed by atoms with Gasteiger partial charge in [0, 0.05) is 24.6 Å². The maximum atomic E-state index is 5.65. The molecule has 0 saturated carbocycles. The molecule has 1 atom stereocenters. The van der Waals surface area contributed by atoms with Crippen LogP contribution in [0.5, 0.6) is 0 Å². The van der Waals surface area contributed by atoms with Crippen molar-refractivity contribution in [1.82, 2.24) is 5.32 Å². The van der Waals surface area contributed by atoms with Gasteiger partial charge in [0.25, 0.3) is 0 Å². The van der Waals surface area contributed by atoms with E-state index in [1.54, 1.807) is 0 Å². The molecule has 1 aliphatic heterocycles. The highest BCUT2D eigenvalue weighted by Crippen LogP contribution is 2.34. The largest absolute Gasteiger partial charge is 0.381 e. The minimum atomic E-state index is 0.440. The van der Waals surface area contributed by atoms with Crippen molar-refractivity contribution in [2.75, 3.05) is 19.8 Å². The highest BCUT2D eigenvalue weighted by atomic mass is 16.5. The van der Waals surface area contributed by atoms with Gasteiger partial charge in [0.2, 0.25) is 0 Å². The van der Waals surface area contributed by atoms with E-state index in [-0.39, 0.29) is 0 Å². The lowest BCUT2D eigenvalue weighted by Gasteiger charge is -2.29. The van der Waals surface area contributed by atoms with E-state index in [1.165, 1.54) is 51.4 Å². The summed E-state index contributed by atoms with van der Waals surface area (Å²) in [7, 11) is 0. The second-order valence-electron chi connectivity index (χ2n) is 6.36. The van der Waals surface area contributed by atoms with Gasteiger partial charge in [-0.3, -0.25) is 0 Å². The van der Waals surface area contributed by atoms with E-state index in [9.17, 15) is 0 Å². The second kappa shape index (κ2) is 8.92. The van der Waals surface area contributed by atoms with Gasteiger partial charge in [0.15, 0.2) is 0 Å². The van der Waals surface area contributed by atoms with Crippen molar-refractivity contribution in [3.05, 3.63) is 0 Å². The van der Waals surface area contributed by atoms with E-state index < -0.39 is 0 Å². The maximum absolute atomic E-state index is 5.65. The molecule has 1 rings (SSSR count). The van der Waals surface area contributed by atoms with Gasteiger partial charge in [-0.15, -0.1) is 0 Å². The molecule has 1 heterocycles. The molecule has 1 unspecified atom stereocenters. The van der Waals surface area contributed by atoms with Crippen LogP contribution in [0.1, 0.15) is 72.1 Å². The van der Waals surface area contributed by atoms with Crippen LogP contribution in [0.15, 0.2) is 0 Å². The monoisotopic (exact) mass is 255 g/mol. The molecule has 0 radical (unpaired) electrons. The van der Waals surface area contributed by atoms with Gasteiger partial charge in [0.05, 0.1) is 6.61 Å². The summed E-state index contributed by atoms with van der Waals surface area (Å²) in [5, 5.41) is 3.61. The number of rotatable bonds is 10. The number of hydrogen-bond donors (Lipinski definition) is 1. The van der Waals surface area contributed by atoms with E-state index in [2.05, 4.69) is 26.1 Å². The molecular weight excluding hydrogens is 222 g/mol. The molecule has 1 N–H and O–H groups in total. The van der Waals surface area contributed by atoms with Gasteiger partial charge in [-0.05, 0) is 12.8 Å². The topological polar surface area (TPSA) is 21.3 Å². The van der Waals surface area contributed by atoms with Crippen LogP contribution in [0.4, 0.5) is 0 Å². The summed E-state index contributed by atoms with van der Waals surface area (Å²) < 4.78 is 5.65. The Hall–Kier alpha value is -0.0800. The fourth-order valence-electron chi connectivity index (χ4n) is 2.78. The third kappa shape index (κ3) is 6.19. The Balaban J connectivity index is 2.17. The first-order chi connectivity index (χ1) is 8.68. The minimum absolute atomic E-state index is 0.440. The Morgan fingerprint density at radius 3 is 2.44 bits per heavy atom. The predicted octanol–water partition coefficient (Wildman–Crippen LogP) is 4.14. The summed E-state index contributed by atoms with van der Waals surface area (Å²) in [6, 6.07) is 0.590. The van der Waals surface area contributed by atoms with Gasteiger partial charge in [-0.1, -0.05) is 59.3 Å². The zero-order valence-electron chi connectivity index (χ0n) is 12.8. The fourth-order valence-corrected chi connectivity index (χ4v) is 2.78. The lowest BCUT2D eigenvalue weighted by atomic mass is 9.81. The molecule has 0 aromatic rings. The van der Waals surface area contributed by atoms with Crippen molar-refractivity contribution in [3.63, 3.8) is 0 Å². The van der Waals surface area contributed by atoms with Crippen LogP contribution < -0.4 is 5.32 Å². The van der Waals surface area contributed by atoms with Crippen molar-refractivity contribution in [2.45, 2.75) is 78.2 Å². The van der Waals surface area contributed by atoms with Crippen LogP contribution in [0.25, 0.3) is 0 Å². The maximum Gasteiger partial charge on any atom is 0.0535 e. The normalized spacial score (nSPS) is 24.0. The lowest BCUT2D eigenvalue weighted by molar-refractivity contribution is 0.140. The molecule has 0 spiro atoms. The van der Waals surface area contributed by atoms with Gasteiger partial charge < -0.3 is 10.1 Å². The molecular formula is C16H33NO. The van der Waals surface area contributed by atoms with Crippen molar-refractivity contribution >= 4 is 0 Å². The molecule has 0 bridgehead atoms. The molecule has 1 aliphatic rings. The summed E-state index contributed by atoms with van der Waals surface area (Å²) in [5.41, 5.74) is 0.440. The second-order valence-corrected chi connectivity index (χ2v) is 6.36. The van der Waals surface area contributed by atoms with Crippen LogP contribution in [-0.4, -0.2) is 25.8 Å². The molecule has 108 valence electrons. The van der Waals surface area contributed by atoms with Crippen molar-refractivity contribution in [1.29, 1.82) is 0 Å². The van der Waals surface area contributed by atoms with Crippen LogP contribution >= 0.6 is 0 Å². The first-order valence-electron chi connectivity index (χ1n) is 8.00. The molecule has 0 aromatic heterocycles.